The number of nitrogens with two attached hydrogens (primary N) is 1. The number of ether oxygens (including phenoxy) is 1. The standard InChI is InChI=1S/C17H21N3O4/c1-17(2,11-18)20-15(21)10-24-13-6-3-5-12(9-13)19-16(22)14-7-4-8-23-14/h3-9H,10-11,18H2,1-2H3,(H,19,22)(H,20,21). The van der Waals surface area contributed by atoms with E-state index in [4.69, 9.17) is 14.9 Å². The molecule has 1 aromatic carbocycles. The Kier molecular flexibility index (Phi) is 5.59. The van der Waals surface area contributed by atoms with Crippen LogP contribution in [0.2, 0.25) is 0 Å². The van der Waals surface area contributed by atoms with Crippen molar-refractivity contribution in [2.24, 2.45) is 5.73 Å². The van der Waals surface area contributed by atoms with Crippen LogP contribution >= 0.6 is 0 Å². The van der Waals surface area contributed by atoms with Gasteiger partial charge in [-0.05, 0) is 38.1 Å². The Morgan fingerprint density at radius 1 is 1.25 bits per heavy atom. The van der Waals surface area contributed by atoms with Crippen molar-refractivity contribution in [3.05, 3.63) is 48.4 Å². The average Bonchev–Trinajstić information content (AvgIpc) is 3.07. The predicted molar refractivity (Wildman–Crippen MR) is 89.9 cm³/mol. The molecule has 0 saturated carbocycles. The van der Waals surface area contributed by atoms with Gasteiger partial charge in [-0.25, -0.2) is 0 Å². The number of furan rings is 1. The zero-order valence-electron chi connectivity index (χ0n) is 13.7. The van der Waals surface area contributed by atoms with Gasteiger partial charge < -0.3 is 25.5 Å². The van der Waals surface area contributed by atoms with Crippen molar-refractivity contribution in [3.63, 3.8) is 0 Å². The molecule has 1 heterocycles. The number of carbonyl (C=O) groups excluding carboxylic acids is 2. The summed E-state index contributed by atoms with van der Waals surface area (Å²) < 4.78 is 10.5. The van der Waals surface area contributed by atoms with Gasteiger partial charge in [-0.3, -0.25) is 9.59 Å². The molecule has 0 aliphatic carbocycles. The Balaban J connectivity index is 1.91. The summed E-state index contributed by atoms with van der Waals surface area (Å²) >= 11 is 0. The van der Waals surface area contributed by atoms with E-state index in [9.17, 15) is 9.59 Å². The highest BCUT2D eigenvalue weighted by atomic mass is 16.5. The van der Waals surface area contributed by atoms with Gasteiger partial charge in [0, 0.05) is 23.8 Å². The van der Waals surface area contributed by atoms with Gasteiger partial charge in [0.1, 0.15) is 5.75 Å². The predicted octanol–water partition coefficient (Wildman–Crippen LogP) is 1.76. The smallest absolute Gasteiger partial charge is 0.291 e. The molecule has 0 bridgehead atoms. The van der Waals surface area contributed by atoms with Crippen LogP contribution < -0.4 is 21.1 Å². The molecule has 0 spiro atoms. The monoisotopic (exact) mass is 331 g/mol. The summed E-state index contributed by atoms with van der Waals surface area (Å²) in [5.74, 6) is 0.0488. The summed E-state index contributed by atoms with van der Waals surface area (Å²) in [5.41, 5.74) is 5.62. The zero-order chi connectivity index (χ0) is 17.6. The van der Waals surface area contributed by atoms with E-state index in [2.05, 4.69) is 10.6 Å². The van der Waals surface area contributed by atoms with Crippen LogP contribution in [-0.4, -0.2) is 30.5 Å². The molecule has 128 valence electrons. The summed E-state index contributed by atoms with van der Waals surface area (Å²) in [5, 5.41) is 5.46. The third kappa shape index (κ3) is 5.13. The van der Waals surface area contributed by atoms with E-state index in [0.29, 0.717) is 18.0 Å². The van der Waals surface area contributed by atoms with Gasteiger partial charge in [0.05, 0.1) is 6.26 Å². The van der Waals surface area contributed by atoms with Gasteiger partial charge in [-0.15, -0.1) is 0 Å². The van der Waals surface area contributed by atoms with Crippen LogP contribution in [-0.2, 0) is 4.79 Å². The minimum absolute atomic E-state index is 0.140. The maximum absolute atomic E-state index is 11.9. The zero-order valence-corrected chi connectivity index (χ0v) is 13.7. The maximum atomic E-state index is 11.9. The van der Waals surface area contributed by atoms with Crippen molar-refractivity contribution in [2.75, 3.05) is 18.5 Å². The maximum Gasteiger partial charge on any atom is 0.291 e. The quantitative estimate of drug-likeness (QED) is 0.717. The normalized spacial score (nSPS) is 11.0. The lowest BCUT2D eigenvalue weighted by Gasteiger charge is -2.24. The van der Waals surface area contributed by atoms with Crippen LogP contribution in [0.1, 0.15) is 24.4 Å². The Bertz CT molecular complexity index is 696. The fourth-order valence-electron chi connectivity index (χ4n) is 1.88. The summed E-state index contributed by atoms with van der Waals surface area (Å²) in [4.78, 5) is 23.8. The number of rotatable bonds is 7. The van der Waals surface area contributed by atoms with E-state index in [0.717, 1.165) is 0 Å². The largest absolute Gasteiger partial charge is 0.484 e. The fraction of sp³-hybridized carbons (Fsp3) is 0.294. The highest BCUT2D eigenvalue weighted by molar-refractivity contribution is 6.02. The van der Waals surface area contributed by atoms with Gasteiger partial charge in [0.25, 0.3) is 11.8 Å². The molecule has 0 radical (unpaired) electrons. The minimum atomic E-state index is -0.487. The van der Waals surface area contributed by atoms with Crippen LogP contribution in [0, 0.1) is 0 Å². The molecule has 0 saturated heterocycles. The Hall–Kier alpha value is -2.80. The molecule has 0 atom stereocenters. The van der Waals surface area contributed by atoms with E-state index in [1.807, 2.05) is 13.8 Å². The van der Waals surface area contributed by atoms with Crippen LogP contribution in [0.25, 0.3) is 0 Å². The van der Waals surface area contributed by atoms with Crippen LogP contribution in [0.4, 0.5) is 5.69 Å². The van der Waals surface area contributed by atoms with Crippen LogP contribution in [0.3, 0.4) is 0 Å². The van der Waals surface area contributed by atoms with E-state index in [-0.39, 0.29) is 24.2 Å². The van der Waals surface area contributed by atoms with Crippen molar-refractivity contribution < 1.29 is 18.7 Å². The number of benzene rings is 1. The second-order valence-corrected chi connectivity index (χ2v) is 5.88. The summed E-state index contributed by atoms with van der Waals surface area (Å²) in [6.07, 6.45) is 1.43. The number of nitrogens with one attached hydrogen (secondary N) is 2. The summed E-state index contributed by atoms with van der Waals surface area (Å²) in [6.45, 7) is 3.84. The molecule has 4 N–H and O–H groups in total. The molecule has 0 fully saturated rings. The second kappa shape index (κ2) is 7.65. The minimum Gasteiger partial charge on any atom is -0.484 e. The van der Waals surface area contributed by atoms with Crippen LogP contribution in [0.15, 0.2) is 47.1 Å². The molecule has 1 aromatic heterocycles. The van der Waals surface area contributed by atoms with Gasteiger partial charge in [-0.1, -0.05) is 6.07 Å². The number of amides is 2. The lowest BCUT2D eigenvalue weighted by molar-refractivity contribution is -0.124. The van der Waals surface area contributed by atoms with Crippen LogP contribution in [0.5, 0.6) is 5.75 Å². The first-order valence-corrected chi connectivity index (χ1v) is 7.48. The van der Waals surface area contributed by atoms with Crippen molar-refractivity contribution in [1.29, 1.82) is 0 Å². The van der Waals surface area contributed by atoms with Gasteiger partial charge >= 0.3 is 0 Å². The molecule has 0 aliphatic rings. The SMILES string of the molecule is CC(C)(CN)NC(=O)COc1cccc(NC(=O)c2ccco2)c1. The number of hydrogen-bond acceptors (Lipinski definition) is 5. The number of hydrogen-bond donors (Lipinski definition) is 3. The summed E-state index contributed by atoms with van der Waals surface area (Å²) in [7, 11) is 0. The Labute approximate surface area is 140 Å². The van der Waals surface area contributed by atoms with Gasteiger partial charge in [0.15, 0.2) is 12.4 Å². The molecule has 7 nitrogen and oxygen atoms in total. The molecule has 2 aromatic rings. The molecule has 0 aliphatic heterocycles. The average molecular weight is 331 g/mol. The van der Waals surface area contributed by atoms with E-state index < -0.39 is 5.54 Å². The lowest BCUT2D eigenvalue weighted by atomic mass is 10.1. The molecule has 2 amide bonds. The first-order valence-electron chi connectivity index (χ1n) is 7.48. The molecule has 2 rings (SSSR count). The Morgan fingerprint density at radius 2 is 2.04 bits per heavy atom. The molecule has 0 unspecified atom stereocenters. The number of carbonyl (C=O) groups is 2. The highest BCUT2D eigenvalue weighted by Gasteiger charge is 2.18. The highest BCUT2D eigenvalue weighted by Crippen LogP contribution is 2.18. The van der Waals surface area contributed by atoms with Gasteiger partial charge in [0.2, 0.25) is 0 Å². The topological polar surface area (TPSA) is 107 Å². The van der Waals surface area contributed by atoms with Crippen molar-refractivity contribution in [1.82, 2.24) is 5.32 Å². The van der Waals surface area contributed by atoms with E-state index >= 15 is 0 Å². The molecule has 24 heavy (non-hydrogen) atoms. The molecular formula is C17H21N3O4. The third-order valence-corrected chi connectivity index (χ3v) is 3.19. The van der Waals surface area contributed by atoms with E-state index in [1.165, 1.54) is 6.26 Å². The van der Waals surface area contributed by atoms with Gasteiger partial charge in [-0.2, -0.15) is 0 Å². The first kappa shape index (κ1) is 17.6. The van der Waals surface area contributed by atoms with Crippen molar-refractivity contribution >= 4 is 17.5 Å². The number of anilines is 1. The third-order valence-electron chi connectivity index (χ3n) is 3.19. The molecular weight excluding hydrogens is 310 g/mol. The first-order chi connectivity index (χ1) is 11.4. The Morgan fingerprint density at radius 3 is 2.71 bits per heavy atom. The fourth-order valence-corrected chi connectivity index (χ4v) is 1.88. The van der Waals surface area contributed by atoms with Crippen molar-refractivity contribution in [2.45, 2.75) is 19.4 Å². The second-order valence-electron chi connectivity index (χ2n) is 5.88. The lowest BCUT2D eigenvalue weighted by Crippen LogP contribution is -2.50. The summed E-state index contributed by atoms with van der Waals surface area (Å²) in [6, 6.07) is 9.96. The van der Waals surface area contributed by atoms with E-state index in [1.54, 1.807) is 36.4 Å². The molecule has 7 heteroatoms. The van der Waals surface area contributed by atoms with Crippen molar-refractivity contribution in [3.8, 4) is 5.75 Å².